The minimum Gasteiger partial charge on any atom is -0.326 e. The van der Waals surface area contributed by atoms with Gasteiger partial charge in [0, 0.05) is 18.7 Å². The number of rotatable bonds is 6. The number of nitrogens with zero attached hydrogens (tertiary/aromatic N) is 1. The van der Waals surface area contributed by atoms with Crippen LogP contribution >= 0.6 is 0 Å². The minimum absolute atomic E-state index is 0.0955. The van der Waals surface area contributed by atoms with E-state index in [1.54, 1.807) is 24.3 Å². The van der Waals surface area contributed by atoms with E-state index in [4.69, 9.17) is 0 Å². The highest BCUT2D eigenvalue weighted by Gasteiger charge is 2.33. The van der Waals surface area contributed by atoms with Crippen LogP contribution in [0, 0.1) is 10.1 Å². The molecule has 2 amide bonds. The molecule has 11 heteroatoms. The summed E-state index contributed by atoms with van der Waals surface area (Å²) in [5, 5.41) is 13.6. The van der Waals surface area contributed by atoms with Gasteiger partial charge < -0.3 is 5.32 Å². The molecule has 148 valence electrons. The highest BCUT2D eigenvalue weighted by molar-refractivity contribution is 5.88. The summed E-state index contributed by atoms with van der Waals surface area (Å²) in [4.78, 5) is 32.9. The standard InChI is InChI=1S/C17H15F3N4O4/c1-10(25)21-13-5-2-11(3-6-13)8-16(26)23-22-14-7-4-12(17(18,19)20)9-15(14)24(27)28/h2-7,9,22H,8H2,1H3,(H,21,25)(H,23,26). The third-order valence-electron chi connectivity index (χ3n) is 3.50. The lowest BCUT2D eigenvalue weighted by molar-refractivity contribution is -0.384. The maximum atomic E-state index is 12.7. The SMILES string of the molecule is CC(=O)Nc1ccc(CC(=O)NNc2ccc(C(F)(F)F)cc2[N+](=O)[O-])cc1. The average molecular weight is 396 g/mol. The average Bonchev–Trinajstić information content (AvgIpc) is 2.60. The number of carbonyl (C=O) groups is 2. The minimum atomic E-state index is -4.73. The second-order valence-electron chi connectivity index (χ2n) is 5.71. The van der Waals surface area contributed by atoms with Gasteiger partial charge in [-0.05, 0) is 29.8 Å². The van der Waals surface area contributed by atoms with Gasteiger partial charge in [0.15, 0.2) is 0 Å². The first-order chi connectivity index (χ1) is 13.1. The first kappa shape index (κ1) is 20.7. The topological polar surface area (TPSA) is 113 Å². The molecular formula is C17H15F3N4O4. The number of nitrogens with one attached hydrogen (secondary N) is 3. The number of hydrogen-bond acceptors (Lipinski definition) is 5. The number of nitro benzene ring substituents is 1. The second kappa shape index (κ2) is 8.37. The highest BCUT2D eigenvalue weighted by Crippen LogP contribution is 2.34. The zero-order valence-corrected chi connectivity index (χ0v) is 14.5. The van der Waals surface area contributed by atoms with Gasteiger partial charge in [-0.2, -0.15) is 13.2 Å². The van der Waals surface area contributed by atoms with E-state index in [1.807, 2.05) is 0 Å². The van der Waals surface area contributed by atoms with Crippen LogP contribution in [0.4, 0.5) is 30.2 Å². The van der Waals surface area contributed by atoms with Crippen molar-refractivity contribution in [2.45, 2.75) is 19.5 Å². The molecule has 0 aliphatic carbocycles. The Hall–Kier alpha value is -3.63. The van der Waals surface area contributed by atoms with Gasteiger partial charge in [-0.1, -0.05) is 12.1 Å². The van der Waals surface area contributed by atoms with Gasteiger partial charge in [-0.15, -0.1) is 0 Å². The first-order valence-electron chi connectivity index (χ1n) is 7.83. The fourth-order valence-electron chi connectivity index (χ4n) is 2.24. The third kappa shape index (κ3) is 5.69. The van der Waals surface area contributed by atoms with E-state index in [0.717, 1.165) is 6.07 Å². The third-order valence-corrected chi connectivity index (χ3v) is 3.50. The van der Waals surface area contributed by atoms with Crippen LogP contribution in [0.2, 0.25) is 0 Å². The van der Waals surface area contributed by atoms with Gasteiger partial charge in [0.05, 0.1) is 16.9 Å². The van der Waals surface area contributed by atoms with Gasteiger partial charge in [-0.3, -0.25) is 30.6 Å². The number of hydrazine groups is 1. The number of hydrogen-bond donors (Lipinski definition) is 3. The molecule has 28 heavy (non-hydrogen) atoms. The lowest BCUT2D eigenvalue weighted by atomic mass is 10.1. The van der Waals surface area contributed by atoms with E-state index in [9.17, 15) is 32.9 Å². The number of benzene rings is 2. The Morgan fingerprint density at radius 3 is 2.29 bits per heavy atom. The van der Waals surface area contributed by atoms with Crippen molar-refractivity contribution in [1.29, 1.82) is 0 Å². The van der Waals surface area contributed by atoms with Crippen LogP contribution in [0.1, 0.15) is 18.1 Å². The summed E-state index contributed by atoms with van der Waals surface area (Å²) in [6.07, 6.45) is -4.82. The fraction of sp³-hybridized carbons (Fsp3) is 0.176. The van der Waals surface area contributed by atoms with Gasteiger partial charge >= 0.3 is 6.18 Å². The molecule has 0 aliphatic heterocycles. The van der Waals surface area contributed by atoms with Crippen LogP contribution in [-0.2, 0) is 22.2 Å². The molecule has 8 nitrogen and oxygen atoms in total. The van der Waals surface area contributed by atoms with Crippen LogP contribution in [-0.4, -0.2) is 16.7 Å². The Balaban J connectivity index is 2.02. The van der Waals surface area contributed by atoms with Crippen molar-refractivity contribution >= 4 is 28.9 Å². The van der Waals surface area contributed by atoms with Crippen molar-refractivity contribution in [1.82, 2.24) is 5.43 Å². The Labute approximate surface area is 156 Å². The fourth-order valence-corrected chi connectivity index (χ4v) is 2.24. The van der Waals surface area contributed by atoms with Crippen molar-refractivity contribution in [3.8, 4) is 0 Å². The lowest BCUT2D eigenvalue weighted by Gasteiger charge is -2.11. The maximum absolute atomic E-state index is 12.7. The molecule has 0 unspecified atom stereocenters. The molecule has 2 aromatic carbocycles. The summed E-state index contributed by atoms with van der Waals surface area (Å²) in [5.41, 5.74) is 3.33. The van der Waals surface area contributed by atoms with Crippen LogP contribution in [0.5, 0.6) is 0 Å². The predicted octanol–water partition coefficient (Wildman–Crippen LogP) is 3.26. The molecule has 0 bridgehead atoms. The summed E-state index contributed by atoms with van der Waals surface area (Å²) >= 11 is 0. The van der Waals surface area contributed by atoms with E-state index in [2.05, 4.69) is 16.2 Å². The number of carbonyl (C=O) groups excluding carboxylic acids is 2. The molecule has 0 radical (unpaired) electrons. The smallest absolute Gasteiger partial charge is 0.326 e. The normalized spacial score (nSPS) is 10.9. The zero-order valence-electron chi connectivity index (χ0n) is 14.5. The Kier molecular flexibility index (Phi) is 6.18. The molecule has 0 atom stereocenters. The number of amides is 2. The molecule has 2 aromatic rings. The van der Waals surface area contributed by atoms with E-state index in [-0.39, 0.29) is 18.0 Å². The van der Waals surface area contributed by atoms with Crippen molar-refractivity contribution in [2.75, 3.05) is 10.7 Å². The van der Waals surface area contributed by atoms with Gasteiger partial charge in [-0.25, -0.2) is 0 Å². The number of alkyl halides is 3. The van der Waals surface area contributed by atoms with Gasteiger partial charge in [0.25, 0.3) is 5.69 Å². The van der Waals surface area contributed by atoms with Crippen molar-refractivity contribution in [3.05, 3.63) is 63.7 Å². The first-order valence-corrected chi connectivity index (χ1v) is 7.83. The van der Waals surface area contributed by atoms with Crippen LogP contribution in [0.3, 0.4) is 0 Å². The van der Waals surface area contributed by atoms with Crippen LogP contribution in [0.25, 0.3) is 0 Å². The van der Waals surface area contributed by atoms with Crippen molar-refractivity contribution in [3.63, 3.8) is 0 Å². The quantitative estimate of drug-likeness (QED) is 0.512. The maximum Gasteiger partial charge on any atom is 0.416 e. The molecule has 0 heterocycles. The predicted molar refractivity (Wildman–Crippen MR) is 94.3 cm³/mol. The summed E-state index contributed by atoms with van der Waals surface area (Å²) in [5.74, 6) is -0.811. The molecule has 3 N–H and O–H groups in total. The zero-order chi connectivity index (χ0) is 20.9. The van der Waals surface area contributed by atoms with Crippen molar-refractivity contribution < 1.29 is 27.7 Å². The van der Waals surface area contributed by atoms with Crippen LogP contribution in [0.15, 0.2) is 42.5 Å². The van der Waals surface area contributed by atoms with E-state index in [1.165, 1.54) is 6.92 Å². The summed E-state index contributed by atoms with van der Waals surface area (Å²) in [6, 6.07) is 8.31. The second-order valence-corrected chi connectivity index (χ2v) is 5.71. The monoisotopic (exact) mass is 396 g/mol. The highest BCUT2D eigenvalue weighted by atomic mass is 19.4. The van der Waals surface area contributed by atoms with Gasteiger partial charge in [0.1, 0.15) is 5.69 Å². The Morgan fingerprint density at radius 2 is 1.75 bits per heavy atom. The molecule has 2 rings (SSSR count). The number of halogens is 3. The van der Waals surface area contributed by atoms with Crippen LogP contribution < -0.4 is 16.2 Å². The van der Waals surface area contributed by atoms with E-state index >= 15 is 0 Å². The molecule has 0 spiro atoms. The Morgan fingerprint density at radius 1 is 1.11 bits per heavy atom. The molecule has 0 saturated heterocycles. The number of anilines is 2. The summed E-state index contributed by atoms with van der Waals surface area (Å²) in [7, 11) is 0. The van der Waals surface area contributed by atoms with E-state index < -0.39 is 28.3 Å². The molecule has 0 fully saturated rings. The lowest BCUT2D eigenvalue weighted by Crippen LogP contribution is -2.31. The summed E-state index contributed by atoms with van der Waals surface area (Å²) in [6.45, 7) is 1.35. The summed E-state index contributed by atoms with van der Waals surface area (Å²) < 4.78 is 38.0. The molecule has 0 aromatic heterocycles. The number of nitro groups is 1. The molecule has 0 saturated carbocycles. The largest absolute Gasteiger partial charge is 0.416 e. The Bertz CT molecular complexity index is 898. The molecular weight excluding hydrogens is 381 g/mol. The van der Waals surface area contributed by atoms with Crippen molar-refractivity contribution in [2.24, 2.45) is 0 Å². The van der Waals surface area contributed by atoms with Gasteiger partial charge in [0.2, 0.25) is 11.8 Å². The molecule has 0 aliphatic rings. The van der Waals surface area contributed by atoms with E-state index in [0.29, 0.717) is 23.4 Å².